The number of aromatic nitrogens is 2. The number of anilines is 1. The molecular formula is C12H19N3O4. The first-order valence-electron chi connectivity index (χ1n) is 5.85. The number of nitrogen functional groups attached to an aromatic ring is 1. The van der Waals surface area contributed by atoms with Gasteiger partial charge in [0, 0.05) is 0 Å². The van der Waals surface area contributed by atoms with E-state index >= 15 is 0 Å². The average molecular weight is 269 g/mol. The van der Waals surface area contributed by atoms with Gasteiger partial charge in [0.1, 0.15) is 17.7 Å². The third kappa shape index (κ3) is 2.69. The number of methoxy groups -OCH3 is 2. The van der Waals surface area contributed by atoms with Crippen LogP contribution in [-0.2, 0) is 14.3 Å². The Morgan fingerprint density at radius 3 is 2.26 bits per heavy atom. The minimum Gasteiger partial charge on any atom is -0.467 e. The molecular weight excluding hydrogens is 250 g/mol. The summed E-state index contributed by atoms with van der Waals surface area (Å²) < 4.78 is 10.9. The first kappa shape index (κ1) is 15.0. The van der Waals surface area contributed by atoms with Crippen LogP contribution in [0.1, 0.15) is 36.2 Å². The van der Waals surface area contributed by atoms with Crippen LogP contribution in [-0.4, -0.2) is 35.7 Å². The van der Waals surface area contributed by atoms with E-state index in [1.54, 1.807) is 6.92 Å². The highest BCUT2D eigenvalue weighted by atomic mass is 16.5. The molecule has 0 saturated heterocycles. The summed E-state index contributed by atoms with van der Waals surface area (Å²) in [4.78, 5) is 27.5. The molecule has 0 fully saturated rings. The van der Waals surface area contributed by atoms with Crippen LogP contribution in [0.4, 0.5) is 5.82 Å². The van der Waals surface area contributed by atoms with Crippen molar-refractivity contribution in [2.75, 3.05) is 20.0 Å². The van der Waals surface area contributed by atoms with E-state index in [2.05, 4.69) is 9.72 Å². The van der Waals surface area contributed by atoms with Crippen LogP contribution < -0.4 is 5.73 Å². The predicted molar refractivity (Wildman–Crippen MR) is 68.6 cm³/mol. The highest BCUT2D eigenvalue weighted by Crippen LogP contribution is 2.27. The zero-order valence-electron chi connectivity index (χ0n) is 11.8. The number of rotatable bonds is 4. The Kier molecular flexibility index (Phi) is 4.52. The second-order valence-electron chi connectivity index (χ2n) is 4.47. The van der Waals surface area contributed by atoms with E-state index in [9.17, 15) is 9.59 Å². The summed E-state index contributed by atoms with van der Waals surface area (Å²) in [5, 5.41) is 0. The van der Waals surface area contributed by atoms with E-state index < -0.39 is 18.0 Å². The molecule has 0 aliphatic carbocycles. The smallest absolute Gasteiger partial charge is 0.360 e. The van der Waals surface area contributed by atoms with Crippen molar-refractivity contribution >= 4 is 17.8 Å². The van der Waals surface area contributed by atoms with Crippen molar-refractivity contribution in [2.45, 2.75) is 26.8 Å². The van der Waals surface area contributed by atoms with Crippen LogP contribution in [0.5, 0.6) is 0 Å². The maximum Gasteiger partial charge on any atom is 0.360 e. The largest absolute Gasteiger partial charge is 0.467 e. The number of ether oxygens (including phenoxy) is 2. The lowest BCUT2D eigenvalue weighted by Crippen LogP contribution is -2.27. The standard InChI is InChI=1S/C12H19N3O4/c1-6(2)9(12(17)19-5)15-7(3)14-8(10(15)13)11(16)18-4/h6,9H,13H2,1-5H3. The molecule has 106 valence electrons. The van der Waals surface area contributed by atoms with E-state index in [1.807, 2.05) is 13.8 Å². The van der Waals surface area contributed by atoms with E-state index in [0.717, 1.165) is 0 Å². The summed E-state index contributed by atoms with van der Waals surface area (Å²) >= 11 is 0. The van der Waals surface area contributed by atoms with Crippen molar-refractivity contribution < 1.29 is 19.1 Å². The van der Waals surface area contributed by atoms with Gasteiger partial charge in [0.05, 0.1) is 14.2 Å². The molecule has 0 amide bonds. The lowest BCUT2D eigenvalue weighted by atomic mass is 10.0. The minimum absolute atomic E-state index is 0.00885. The van der Waals surface area contributed by atoms with Crippen molar-refractivity contribution in [1.82, 2.24) is 9.55 Å². The fourth-order valence-electron chi connectivity index (χ4n) is 1.96. The number of nitrogens with zero attached hydrogens (tertiary/aromatic N) is 2. The minimum atomic E-state index is -0.633. The monoisotopic (exact) mass is 269 g/mol. The average Bonchev–Trinajstić information content (AvgIpc) is 2.65. The van der Waals surface area contributed by atoms with Crippen molar-refractivity contribution in [3.63, 3.8) is 0 Å². The summed E-state index contributed by atoms with van der Waals surface area (Å²) in [5.41, 5.74) is 5.91. The SMILES string of the molecule is COC(=O)c1nc(C)n(C(C(=O)OC)C(C)C)c1N. The molecule has 0 radical (unpaired) electrons. The van der Waals surface area contributed by atoms with Crippen molar-refractivity contribution in [3.8, 4) is 0 Å². The molecule has 0 aliphatic rings. The quantitative estimate of drug-likeness (QED) is 0.817. The summed E-state index contributed by atoms with van der Waals surface area (Å²) in [7, 11) is 2.55. The first-order valence-corrected chi connectivity index (χ1v) is 5.85. The number of carbonyl (C=O) groups is 2. The predicted octanol–water partition coefficient (Wildman–Crippen LogP) is 0.930. The van der Waals surface area contributed by atoms with Crippen molar-refractivity contribution in [2.24, 2.45) is 5.92 Å². The Morgan fingerprint density at radius 2 is 1.84 bits per heavy atom. The number of nitrogens with two attached hydrogens (primary N) is 1. The first-order chi connectivity index (χ1) is 8.84. The molecule has 0 saturated carbocycles. The molecule has 0 aromatic carbocycles. The Labute approximate surface area is 111 Å². The lowest BCUT2D eigenvalue weighted by Gasteiger charge is -2.22. The molecule has 0 bridgehead atoms. The third-order valence-electron chi connectivity index (χ3n) is 2.86. The van der Waals surface area contributed by atoms with Gasteiger partial charge in [-0.2, -0.15) is 0 Å². The maximum atomic E-state index is 11.9. The molecule has 1 heterocycles. The molecule has 2 N–H and O–H groups in total. The topological polar surface area (TPSA) is 96.4 Å². The van der Waals surface area contributed by atoms with Crippen LogP contribution in [0.2, 0.25) is 0 Å². The summed E-state index contributed by atoms with van der Waals surface area (Å²) in [5.74, 6) is -0.561. The lowest BCUT2D eigenvalue weighted by molar-refractivity contribution is -0.146. The molecule has 1 atom stereocenters. The van der Waals surface area contributed by atoms with Crippen LogP contribution in [0.15, 0.2) is 0 Å². The zero-order chi connectivity index (χ0) is 14.7. The van der Waals surface area contributed by atoms with Gasteiger partial charge in [-0.05, 0) is 12.8 Å². The van der Waals surface area contributed by atoms with Gasteiger partial charge >= 0.3 is 11.9 Å². The number of hydrogen-bond donors (Lipinski definition) is 1. The van der Waals surface area contributed by atoms with Gasteiger partial charge in [0.25, 0.3) is 0 Å². The van der Waals surface area contributed by atoms with Gasteiger partial charge in [0.2, 0.25) is 0 Å². The summed E-state index contributed by atoms with van der Waals surface area (Å²) in [6, 6.07) is -0.629. The Morgan fingerprint density at radius 1 is 1.26 bits per heavy atom. The fraction of sp³-hybridized carbons (Fsp3) is 0.583. The van der Waals surface area contributed by atoms with Crippen LogP contribution in [0.25, 0.3) is 0 Å². The second-order valence-corrected chi connectivity index (χ2v) is 4.47. The molecule has 7 heteroatoms. The zero-order valence-corrected chi connectivity index (χ0v) is 11.8. The number of hydrogen-bond acceptors (Lipinski definition) is 6. The maximum absolute atomic E-state index is 11.9. The van der Waals surface area contributed by atoms with E-state index in [-0.39, 0.29) is 17.4 Å². The van der Waals surface area contributed by atoms with Gasteiger partial charge in [-0.1, -0.05) is 13.8 Å². The van der Waals surface area contributed by atoms with Gasteiger partial charge in [-0.25, -0.2) is 14.6 Å². The Hall–Kier alpha value is -2.05. The molecule has 1 unspecified atom stereocenters. The summed E-state index contributed by atoms with van der Waals surface area (Å²) in [6.45, 7) is 5.39. The number of carbonyl (C=O) groups excluding carboxylic acids is 2. The van der Waals surface area contributed by atoms with Crippen LogP contribution in [0, 0.1) is 12.8 Å². The highest BCUT2D eigenvalue weighted by molar-refractivity contribution is 5.92. The van der Waals surface area contributed by atoms with Crippen molar-refractivity contribution in [1.29, 1.82) is 0 Å². The van der Waals surface area contributed by atoms with Crippen molar-refractivity contribution in [3.05, 3.63) is 11.5 Å². The summed E-state index contributed by atoms with van der Waals surface area (Å²) in [6.07, 6.45) is 0. The van der Waals surface area contributed by atoms with Gasteiger partial charge < -0.3 is 15.2 Å². The molecule has 0 spiro atoms. The third-order valence-corrected chi connectivity index (χ3v) is 2.86. The normalized spacial score (nSPS) is 12.3. The van der Waals surface area contributed by atoms with E-state index in [1.165, 1.54) is 18.8 Å². The number of esters is 2. The second kappa shape index (κ2) is 5.73. The van der Waals surface area contributed by atoms with Gasteiger partial charge in [-0.3, -0.25) is 4.57 Å². The molecule has 1 aromatic rings. The van der Waals surface area contributed by atoms with Crippen LogP contribution >= 0.6 is 0 Å². The molecule has 1 rings (SSSR count). The van der Waals surface area contributed by atoms with E-state index in [0.29, 0.717) is 5.82 Å². The molecule has 7 nitrogen and oxygen atoms in total. The van der Waals surface area contributed by atoms with Gasteiger partial charge in [-0.15, -0.1) is 0 Å². The number of aryl methyl sites for hydroxylation is 1. The highest BCUT2D eigenvalue weighted by Gasteiger charge is 2.31. The van der Waals surface area contributed by atoms with Crippen LogP contribution in [0.3, 0.4) is 0 Å². The number of imidazole rings is 1. The van der Waals surface area contributed by atoms with Gasteiger partial charge in [0.15, 0.2) is 5.69 Å². The molecule has 19 heavy (non-hydrogen) atoms. The Bertz CT molecular complexity index is 493. The Balaban J connectivity index is 3.36. The fourth-order valence-corrected chi connectivity index (χ4v) is 1.96. The van der Waals surface area contributed by atoms with E-state index in [4.69, 9.17) is 10.5 Å². The molecule has 1 aromatic heterocycles. The molecule has 0 aliphatic heterocycles.